The largest absolute Gasteiger partial charge is 0.298 e. The Morgan fingerprint density at radius 2 is 1.84 bits per heavy atom. The average Bonchev–Trinajstić information content (AvgIpc) is 3.14. The van der Waals surface area contributed by atoms with Gasteiger partial charge >= 0.3 is 0 Å². The molecule has 2 aliphatic rings. The summed E-state index contributed by atoms with van der Waals surface area (Å²) in [6, 6.07) is 9.01. The zero-order valence-corrected chi connectivity index (χ0v) is 15.3. The molecule has 0 spiro atoms. The van der Waals surface area contributed by atoms with Gasteiger partial charge in [0, 0.05) is 23.0 Å². The molecule has 1 aliphatic carbocycles. The third-order valence-electron chi connectivity index (χ3n) is 5.66. The maximum absolute atomic E-state index is 12.9. The molecule has 1 saturated carbocycles. The van der Waals surface area contributed by atoms with Crippen molar-refractivity contribution in [3.63, 3.8) is 0 Å². The second-order valence-electron chi connectivity index (χ2n) is 7.43. The first-order valence-corrected chi connectivity index (χ1v) is 9.21. The Morgan fingerprint density at radius 3 is 2.56 bits per heavy atom. The Hall–Kier alpha value is -2.14. The number of nitrogens with zero attached hydrogens (tertiary/aromatic N) is 4. The number of aryl methyl sites for hydroxylation is 2. The van der Waals surface area contributed by atoms with E-state index in [-0.39, 0.29) is 5.56 Å². The van der Waals surface area contributed by atoms with E-state index in [4.69, 9.17) is 4.98 Å². The summed E-state index contributed by atoms with van der Waals surface area (Å²) in [6.07, 6.45) is 5.03. The van der Waals surface area contributed by atoms with Crippen LogP contribution < -0.4 is 10.5 Å². The average molecular weight is 338 g/mol. The molecule has 5 nitrogen and oxygen atoms in total. The minimum Gasteiger partial charge on any atom is -0.298 e. The summed E-state index contributed by atoms with van der Waals surface area (Å²) in [5.41, 5.74) is 3.98. The summed E-state index contributed by atoms with van der Waals surface area (Å²) in [7, 11) is 0. The van der Waals surface area contributed by atoms with Crippen LogP contribution in [0.1, 0.15) is 42.5 Å². The van der Waals surface area contributed by atoms with Crippen molar-refractivity contribution < 1.29 is 0 Å². The Labute approximate surface area is 148 Å². The van der Waals surface area contributed by atoms with Gasteiger partial charge in [0.25, 0.3) is 5.56 Å². The van der Waals surface area contributed by atoms with Gasteiger partial charge in [0.05, 0.1) is 13.3 Å². The van der Waals surface area contributed by atoms with E-state index in [9.17, 15) is 4.79 Å². The van der Waals surface area contributed by atoms with Crippen molar-refractivity contribution in [1.29, 1.82) is 0 Å². The molecule has 2 heterocycles. The maximum Gasteiger partial charge on any atom is 0.259 e. The Balaban J connectivity index is 1.84. The van der Waals surface area contributed by atoms with Crippen LogP contribution in [-0.2, 0) is 6.67 Å². The van der Waals surface area contributed by atoms with Crippen molar-refractivity contribution >= 4 is 11.6 Å². The number of fused-ring (bicyclic) bond motifs is 1. The monoisotopic (exact) mass is 338 g/mol. The topological polar surface area (TPSA) is 41.4 Å². The smallest absolute Gasteiger partial charge is 0.259 e. The van der Waals surface area contributed by atoms with Crippen molar-refractivity contribution in [1.82, 2.24) is 14.5 Å². The van der Waals surface area contributed by atoms with Crippen LogP contribution in [0.4, 0.5) is 11.6 Å². The van der Waals surface area contributed by atoms with Crippen LogP contribution in [0.15, 0.2) is 29.1 Å². The van der Waals surface area contributed by atoms with Crippen LogP contribution >= 0.6 is 0 Å². The molecule has 0 atom stereocenters. The highest BCUT2D eigenvalue weighted by atomic mass is 16.1. The molecule has 1 fully saturated rings. The van der Waals surface area contributed by atoms with E-state index in [1.807, 2.05) is 18.4 Å². The van der Waals surface area contributed by atoms with E-state index < -0.39 is 0 Å². The van der Waals surface area contributed by atoms with Gasteiger partial charge in [0.1, 0.15) is 0 Å². The predicted octanol–water partition coefficient (Wildman–Crippen LogP) is 3.48. The number of rotatable bonds is 2. The quantitative estimate of drug-likeness (QED) is 0.841. The molecule has 4 rings (SSSR count). The van der Waals surface area contributed by atoms with Crippen molar-refractivity contribution in [3.8, 4) is 0 Å². The molecule has 2 aromatic rings. The molecule has 0 N–H and O–H groups in total. The van der Waals surface area contributed by atoms with E-state index in [0.717, 1.165) is 29.6 Å². The lowest BCUT2D eigenvalue weighted by atomic mass is 10.2. The highest BCUT2D eigenvalue weighted by molar-refractivity contribution is 5.59. The molecular weight excluding hydrogens is 312 g/mol. The summed E-state index contributed by atoms with van der Waals surface area (Å²) in [5, 5.41) is 0. The van der Waals surface area contributed by atoms with Crippen molar-refractivity contribution in [2.45, 2.75) is 59.2 Å². The Bertz CT molecular complexity index is 851. The van der Waals surface area contributed by atoms with Gasteiger partial charge in [0.2, 0.25) is 5.95 Å². The fraction of sp³-hybridized carbons (Fsp3) is 0.500. The van der Waals surface area contributed by atoms with Gasteiger partial charge in [-0.15, -0.1) is 0 Å². The zero-order valence-electron chi connectivity index (χ0n) is 15.3. The van der Waals surface area contributed by atoms with Gasteiger partial charge in [-0.25, -0.2) is 4.98 Å². The summed E-state index contributed by atoms with van der Waals surface area (Å²) in [4.78, 5) is 22.3. The SMILES string of the molecule is Cc1cccc(N2CN(C3CCCC3)Cn3c2nc(C)c(C)c3=O)c1. The fourth-order valence-electron chi connectivity index (χ4n) is 4.04. The summed E-state index contributed by atoms with van der Waals surface area (Å²) >= 11 is 0. The van der Waals surface area contributed by atoms with Gasteiger partial charge < -0.3 is 0 Å². The highest BCUT2D eigenvalue weighted by Gasteiger charge is 2.32. The van der Waals surface area contributed by atoms with E-state index in [2.05, 4.69) is 41.0 Å². The molecule has 1 aromatic carbocycles. The number of aromatic nitrogens is 2. The fourth-order valence-corrected chi connectivity index (χ4v) is 4.04. The van der Waals surface area contributed by atoms with E-state index >= 15 is 0 Å². The second-order valence-corrected chi connectivity index (χ2v) is 7.43. The second kappa shape index (κ2) is 6.30. The van der Waals surface area contributed by atoms with E-state index in [1.165, 1.54) is 31.2 Å². The number of hydrogen-bond acceptors (Lipinski definition) is 4. The summed E-state index contributed by atoms with van der Waals surface area (Å²) in [5.74, 6) is 0.771. The third kappa shape index (κ3) is 2.86. The molecule has 0 bridgehead atoms. The Morgan fingerprint density at radius 1 is 1.08 bits per heavy atom. The predicted molar refractivity (Wildman–Crippen MR) is 100 cm³/mol. The van der Waals surface area contributed by atoms with E-state index in [0.29, 0.717) is 12.7 Å². The Kier molecular flexibility index (Phi) is 4.12. The minimum atomic E-state index is 0.0860. The number of hydrogen-bond donors (Lipinski definition) is 0. The highest BCUT2D eigenvalue weighted by Crippen LogP contribution is 2.32. The van der Waals surface area contributed by atoms with Crippen molar-refractivity contribution in [2.24, 2.45) is 0 Å². The van der Waals surface area contributed by atoms with Crippen molar-refractivity contribution in [2.75, 3.05) is 11.6 Å². The van der Waals surface area contributed by atoms with Gasteiger partial charge in [-0.1, -0.05) is 25.0 Å². The van der Waals surface area contributed by atoms with Crippen LogP contribution in [0.2, 0.25) is 0 Å². The van der Waals surface area contributed by atoms with Crippen LogP contribution in [0.5, 0.6) is 0 Å². The molecule has 0 saturated heterocycles. The van der Waals surface area contributed by atoms with Gasteiger partial charge in [-0.05, 0) is 51.3 Å². The normalized spacial score (nSPS) is 18.6. The molecule has 5 heteroatoms. The molecular formula is C20H26N4O. The van der Waals surface area contributed by atoms with Crippen LogP contribution in [0.3, 0.4) is 0 Å². The van der Waals surface area contributed by atoms with Crippen molar-refractivity contribution in [3.05, 3.63) is 51.4 Å². The third-order valence-corrected chi connectivity index (χ3v) is 5.66. The zero-order chi connectivity index (χ0) is 17.6. The maximum atomic E-state index is 12.9. The molecule has 0 radical (unpaired) electrons. The summed E-state index contributed by atoms with van der Waals surface area (Å²) in [6.45, 7) is 7.35. The molecule has 1 aliphatic heterocycles. The molecule has 0 amide bonds. The number of benzene rings is 1. The van der Waals surface area contributed by atoms with Gasteiger partial charge in [-0.2, -0.15) is 0 Å². The summed E-state index contributed by atoms with van der Waals surface area (Å²) < 4.78 is 1.85. The lowest BCUT2D eigenvalue weighted by Crippen LogP contribution is -2.50. The lowest BCUT2D eigenvalue weighted by Gasteiger charge is -2.41. The standard InChI is InChI=1S/C20H26N4O/c1-14-7-6-10-18(11-14)23-12-22(17-8-4-5-9-17)13-24-19(25)15(2)16(3)21-20(23)24/h6-7,10-11,17H,4-5,8-9,12-13H2,1-3H3. The van der Waals surface area contributed by atoms with E-state index in [1.54, 1.807) is 0 Å². The molecule has 132 valence electrons. The minimum absolute atomic E-state index is 0.0860. The number of anilines is 2. The first-order chi connectivity index (χ1) is 12.0. The molecule has 25 heavy (non-hydrogen) atoms. The molecule has 1 aromatic heterocycles. The van der Waals surface area contributed by atoms with Crippen LogP contribution in [0, 0.1) is 20.8 Å². The first-order valence-electron chi connectivity index (χ1n) is 9.21. The van der Waals surface area contributed by atoms with Crippen LogP contribution in [0.25, 0.3) is 0 Å². The first kappa shape index (κ1) is 16.3. The van der Waals surface area contributed by atoms with Gasteiger partial charge in [0.15, 0.2) is 0 Å². The molecule has 0 unspecified atom stereocenters. The lowest BCUT2D eigenvalue weighted by molar-refractivity contribution is 0.138. The van der Waals surface area contributed by atoms with Gasteiger partial charge in [-0.3, -0.25) is 19.2 Å². The van der Waals surface area contributed by atoms with Crippen LogP contribution in [-0.4, -0.2) is 27.2 Å².